The second-order valence-electron chi connectivity index (χ2n) is 8.41. The maximum atomic E-state index is 13.4. The zero-order valence-electron chi connectivity index (χ0n) is 18.8. The van der Waals surface area contributed by atoms with Crippen molar-refractivity contribution in [2.24, 2.45) is 10.9 Å². The lowest BCUT2D eigenvalue weighted by Crippen LogP contribution is -2.42. The topological polar surface area (TPSA) is 59.3 Å². The van der Waals surface area contributed by atoms with Gasteiger partial charge in [0.1, 0.15) is 5.92 Å². The van der Waals surface area contributed by atoms with E-state index in [-0.39, 0.29) is 16.7 Å². The van der Waals surface area contributed by atoms with E-state index in [1.54, 1.807) is 25.1 Å². The number of nitrogens with zero attached hydrogens (tertiary/aromatic N) is 3. The number of halogens is 5. The van der Waals surface area contributed by atoms with E-state index in [4.69, 9.17) is 23.2 Å². The minimum absolute atomic E-state index is 0.0257. The molecule has 0 radical (unpaired) electrons. The summed E-state index contributed by atoms with van der Waals surface area (Å²) >= 11 is 12.2. The maximum Gasteiger partial charge on any atom is 0.435 e. The highest BCUT2D eigenvalue weighted by molar-refractivity contribution is 6.42. The normalized spacial score (nSPS) is 17.6. The molecule has 0 bridgehead atoms. The molecule has 2 aromatic carbocycles. The lowest BCUT2D eigenvalue weighted by molar-refractivity contribution is -0.141. The molecule has 1 aliphatic rings. The number of hydrogen-bond donors (Lipinski definition) is 1. The van der Waals surface area contributed by atoms with Gasteiger partial charge in [-0.25, -0.2) is 9.67 Å². The van der Waals surface area contributed by atoms with Crippen molar-refractivity contribution in [2.45, 2.75) is 38.4 Å². The first-order chi connectivity index (χ1) is 16.6. The number of unbranched alkanes of at least 4 members (excludes halogenated alkanes) is 1. The predicted octanol–water partition coefficient (Wildman–Crippen LogP) is 6.66. The summed E-state index contributed by atoms with van der Waals surface area (Å²) in [7, 11) is 0. The summed E-state index contributed by atoms with van der Waals surface area (Å²) in [6, 6.07) is 14.8. The molecule has 10 heteroatoms. The summed E-state index contributed by atoms with van der Waals surface area (Å²) in [4.78, 5) is 17.6. The molecule has 5 nitrogen and oxygen atoms in total. The summed E-state index contributed by atoms with van der Waals surface area (Å²) in [5, 5.41) is 7.22. The summed E-state index contributed by atoms with van der Waals surface area (Å²) in [5.74, 6) is -1.18. The first-order valence-corrected chi connectivity index (χ1v) is 11.9. The molecule has 35 heavy (non-hydrogen) atoms. The van der Waals surface area contributed by atoms with Crippen LogP contribution < -0.4 is 5.32 Å². The van der Waals surface area contributed by atoms with Gasteiger partial charge in [0.15, 0.2) is 11.5 Å². The lowest BCUT2D eigenvalue weighted by atomic mass is 9.87. The number of aryl methyl sites for hydroxylation is 1. The Hall–Kier alpha value is -2.84. The molecular formula is C25H23Cl2F3N4O. The fraction of sp³-hybridized carbons (Fsp3) is 0.320. The van der Waals surface area contributed by atoms with Crippen LogP contribution in [0.5, 0.6) is 0 Å². The first kappa shape index (κ1) is 25.3. The Kier molecular flexibility index (Phi) is 7.52. The van der Waals surface area contributed by atoms with Crippen molar-refractivity contribution in [2.75, 3.05) is 6.54 Å². The number of hydrogen-bond acceptors (Lipinski definition) is 3. The number of amides is 1. The third-order valence-electron chi connectivity index (χ3n) is 5.93. The van der Waals surface area contributed by atoms with Crippen LogP contribution in [-0.2, 0) is 17.4 Å². The van der Waals surface area contributed by atoms with Gasteiger partial charge in [-0.3, -0.25) is 4.79 Å². The molecule has 0 saturated carbocycles. The second-order valence-corrected chi connectivity index (χ2v) is 9.23. The molecule has 2 heterocycles. The third kappa shape index (κ3) is 5.70. The van der Waals surface area contributed by atoms with E-state index in [1.807, 2.05) is 18.2 Å². The molecule has 3 aromatic rings. The van der Waals surface area contributed by atoms with Gasteiger partial charge in [0.25, 0.3) is 0 Å². The van der Waals surface area contributed by atoms with Gasteiger partial charge >= 0.3 is 6.18 Å². The molecule has 1 aromatic heterocycles. The molecule has 0 fully saturated rings. The van der Waals surface area contributed by atoms with Gasteiger partial charge < -0.3 is 5.32 Å². The highest BCUT2D eigenvalue weighted by Gasteiger charge is 2.42. The van der Waals surface area contributed by atoms with Gasteiger partial charge in [-0.05, 0) is 49.4 Å². The zero-order valence-corrected chi connectivity index (χ0v) is 20.3. The molecule has 0 spiro atoms. The number of benzene rings is 2. The number of nitrogens with one attached hydrogen (secondary N) is 1. The number of carbonyl (C=O) groups excluding carboxylic acids is 1. The van der Waals surface area contributed by atoms with Crippen LogP contribution in [0.3, 0.4) is 0 Å². The number of fused-ring (bicyclic) bond motifs is 1. The fourth-order valence-electron chi connectivity index (χ4n) is 4.21. The van der Waals surface area contributed by atoms with Crippen LogP contribution in [-0.4, -0.2) is 27.9 Å². The van der Waals surface area contributed by atoms with Crippen molar-refractivity contribution >= 4 is 40.6 Å². The van der Waals surface area contributed by atoms with Crippen LogP contribution in [0.15, 0.2) is 59.6 Å². The Bertz CT molecular complexity index is 1240. The first-order valence-electron chi connectivity index (χ1n) is 11.1. The number of carbonyl (C=O) groups is 1. The minimum Gasteiger partial charge on any atom is -0.355 e. The van der Waals surface area contributed by atoms with Gasteiger partial charge in [0.05, 0.1) is 16.1 Å². The Morgan fingerprint density at radius 2 is 1.80 bits per heavy atom. The van der Waals surface area contributed by atoms with Crippen LogP contribution in [0.25, 0.3) is 0 Å². The summed E-state index contributed by atoms with van der Waals surface area (Å²) < 4.78 is 41.3. The molecule has 2 unspecified atom stereocenters. The average Bonchev–Trinajstić information content (AvgIpc) is 3.24. The van der Waals surface area contributed by atoms with Crippen molar-refractivity contribution in [3.63, 3.8) is 0 Å². The molecular weight excluding hydrogens is 500 g/mol. The molecule has 4 rings (SSSR count). The minimum atomic E-state index is -4.65. The summed E-state index contributed by atoms with van der Waals surface area (Å²) in [5.41, 5.74) is 1.05. The largest absolute Gasteiger partial charge is 0.435 e. The monoisotopic (exact) mass is 522 g/mol. The number of alkyl halides is 3. The van der Waals surface area contributed by atoms with Gasteiger partial charge in [-0.1, -0.05) is 59.6 Å². The molecule has 184 valence electrons. The third-order valence-corrected chi connectivity index (χ3v) is 6.67. The average molecular weight is 523 g/mol. The smallest absolute Gasteiger partial charge is 0.355 e. The highest BCUT2D eigenvalue weighted by atomic mass is 35.5. The van der Waals surface area contributed by atoms with Crippen LogP contribution in [0, 0.1) is 5.92 Å². The van der Waals surface area contributed by atoms with Crippen molar-refractivity contribution < 1.29 is 18.0 Å². The van der Waals surface area contributed by atoms with Gasteiger partial charge in [0.2, 0.25) is 5.91 Å². The van der Waals surface area contributed by atoms with E-state index in [2.05, 4.69) is 27.5 Å². The number of rotatable bonds is 7. The van der Waals surface area contributed by atoms with Gasteiger partial charge in [-0.15, -0.1) is 0 Å². The number of aromatic nitrogens is 2. The van der Waals surface area contributed by atoms with E-state index in [1.165, 1.54) is 5.56 Å². The van der Waals surface area contributed by atoms with Crippen LogP contribution >= 0.6 is 23.2 Å². The van der Waals surface area contributed by atoms with Crippen molar-refractivity contribution in [1.82, 2.24) is 15.1 Å². The molecule has 0 saturated heterocycles. The Morgan fingerprint density at radius 3 is 2.49 bits per heavy atom. The molecule has 2 atom stereocenters. The van der Waals surface area contributed by atoms with E-state index in [0.717, 1.165) is 30.0 Å². The van der Waals surface area contributed by atoms with Crippen LogP contribution in [0.1, 0.15) is 42.6 Å². The molecule has 1 amide bonds. The second kappa shape index (κ2) is 10.4. The highest BCUT2D eigenvalue weighted by Crippen LogP contribution is 2.41. The van der Waals surface area contributed by atoms with Crippen molar-refractivity contribution in [3.05, 3.63) is 81.5 Å². The van der Waals surface area contributed by atoms with Gasteiger partial charge in [-0.2, -0.15) is 18.3 Å². The van der Waals surface area contributed by atoms with Crippen molar-refractivity contribution in [3.8, 4) is 0 Å². The Labute approximate surface area is 211 Å². The standard InChI is InChI=1S/C25H23Cl2F3N4O/c1-15-22(24(35)31-12-6-5-9-16-7-3-2-4-8-16)23(17-10-11-18(26)19(27)13-17)34-21(32-15)14-20(33-34)25(28,29)30/h2-4,7-8,10-11,13-14,22-23H,5-6,9,12H2,1H3,(H,31,35). The summed E-state index contributed by atoms with van der Waals surface area (Å²) in [6.07, 6.45) is -2.11. The molecule has 1 N–H and O–H groups in total. The summed E-state index contributed by atoms with van der Waals surface area (Å²) in [6.45, 7) is 2.07. The Balaban J connectivity index is 1.56. The van der Waals surface area contributed by atoms with Gasteiger partial charge in [0, 0.05) is 18.3 Å². The van der Waals surface area contributed by atoms with E-state index in [0.29, 0.717) is 22.8 Å². The molecule has 0 aliphatic carbocycles. The maximum absolute atomic E-state index is 13.4. The predicted molar refractivity (Wildman–Crippen MR) is 130 cm³/mol. The number of aliphatic imine (C=N–C) groups is 1. The zero-order chi connectivity index (χ0) is 25.2. The fourth-order valence-corrected chi connectivity index (χ4v) is 4.52. The SMILES string of the molecule is CC1=Nc2cc(C(F)(F)F)nn2C(c2ccc(Cl)c(Cl)c2)C1C(=O)NCCCCc1ccccc1. The van der Waals surface area contributed by atoms with E-state index >= 15 is 0 Å². The van der Waals surface area contributed by atoms with Crippen LogP contribution in [0.2, 0.25) is 10.0 Å². The van der Waals surface area contributed by atoms with Crippen molar-refractivity contribution in [1.29, 1.82) is 0 Å². The quantitative estimate of drug-likeness (QED) is 0.352. The molecule has 1 aliphatic heterocycles. The lowest BCUT2D eigenvalue weighted by Gasteiger charge is -2.31. The Morgan fingerprint density at radius 1 is 1.06 bits per heavy atom. The van der Waals surface area contributed by atoms with E-state index < -0.39 is 23.8 Å². The van der Waals surface area contributed by atoms with E-state index in [9.17, 15) is 18.0 Å². The van der Waals surface area contributed by atoms with Crippen LogP contribution in [0.4, 0.5) is 19.0 Å².